The maximum absolute atomic E-state index is 9.21. The largest absolute Gasteiger partial charge is 0.387 e. The summed E-state index contributed by atoms with van der Waals surface area (Å²) >= 11 is 0. The van der Waals surface area contributed by atoms with Crippen LogP contribution in [0.25, 0.3) is 17.2 Å². The van der Waals surface area contributed by atoms with Crippen LogP contribution in [0.3, 0.4) is 0 Å². The average molecular weight is 360 g/mol. The molecule has 1 atom stereocenters. The van der Waals surface area contributed by atoms with E-state index in [0.717, 1.165) is 36.4 Å². The molecule has 0 spiro atoms. The zero-order valence-electron chi connectivity index (χ0n) is 15.7. The number of likely N-dealkylation sites (tertiary alicyclic amines) is 1. The molecule has 4 rings (SSSR count). The molecule has 2 aliphatic rings. The third-order valence-corrected chi connectivity index (χ3v) is 5.39. The lowest BCUT2D eigenvalue weighted by atomic mass is 9.94. The molecular formula is C22H24N4O. The molecule has 27 heavy (non-hydrogen) atoms. The van der Waals surface area contributed by atoms with Crippen molar-refractivity contribution >= 4 is 11.8 Å². The lowest BCUT2D eigenvalue weighted by molar-refractivity contribution is -0.0557. The molecule has 0 aliphatic carbocycles. The molecule has 2 aromatic carbocycles. The zero-order valence-corrected chi connectivity index (χ0v) is 15.7. The monoisotopic (exact) mass is 360 g/mol. The van der Waals surface area contributed by atoms with Gasteiger partial charge in [-0.1, -0.05) is 12.1 Å². The highest BCUT2D eigenvalue weighted by molar-refractivity contribution is 5.77. The molecule has 2 aliphatic heterocycles. The summed E-state index contributed by atoms with van der Waals surface area (Å²) in [5.41, 5.74) is 6.54. The lowest BCUT2D eigenvalue weighted by Gasteiger charge is -2.43. The molecule has 2 aromatic rings. The normalized spacial score (nSPS) is 17.4. The lowest BCUT2D eigenvalue weighted by Crippen LogP contribution is -2.58. The molecule has 0 bridgehead atoms. The molecule has 0 aromatic heterocycles. The van der Waals surface area contributed by atoms with Gasteiger partial charge < -0.3 is 15.4 Å². The van der Waals surface area contributed by atoms with Gasteiger partial charge in [-0.05, 0) is 60.2 Å². The third-order valence-electron chi connectivity index (χ3n) is 5.39. The first-order valence-electron chi connectivity index (χ1n) is 9.28. The van der Waals surface area contributed by atoms with E-state index in [1.54, 1.807) is 7.11 Å². The number of fused-ring (bicyclic) bond motifs is 1. The fraction of sp³-hybridized carbons (Fsp3) is 0.318. The van der Waals surface area contributed by atoms with Crippen LogP contribution >= 0.6 is 0 Å². The van der Waals surface area contributed by atoms with Gasteiger partial charge in [0.25, 0.3) is 0 Å². The van der Waals surface area contributed by atoms with E-state index < -0.39 is 0 Å². The smallest absolute Gasteiger partial charge is 0.107 e. The van der Waals surface area contributed by atoms with Crippen LogP contribution in [-0.4, -0.2) is 37.4 Å². The van der Waals surface area contributed by atoms with Crippen molar-refractivity contribution in [1.29, 1.82) is 5.26 Å². The van der Waals surface area contributed by atoms with Gasteiger partial charge in [0.15, 0.2) is 0 Å². The van der Waals surface area contributed by atoms with Gasteiger partial charge in [0, 0.05) is 38.0 Å². The number of methoxy groups -OCH3 is 1. The van der Waals surface area contributed by atoms with Crippen molar-refractivity contribution in [3.8, 4) is 17.2 Å². The Kier molecular flexibility index (Phi) is 4.85. The minimum atomic E-state index is 0.154. The summed E-state index contributed by atoms with van der Waals surface area (Å²) < 4.78 is 5.39. The predicted molar refractivity (Wildman–Crippen MR) is 108 cm³/mol. The summed E-state index contributed by atoms with van der Waals surface area (Å²) in [7, 11) is 1.75. The molecule has 138 valence electrons. The van der Waals surface area contributed by atoms with Crippen molar-refractivity contribution in [3.05, 3.63) is 59.3 Å². The Bertz CT molecular complexity index is 909. The SMILES string of the molecule is COC(C)N1CC(Nc2cc(-c3cccc(C#N)c3)cc3c2CNC=C3)C1. The van der Waals surface area contributed by atoms with Crippen molar-refractivity contribution in [1.82, 2.24) is 10.2 Å². The van der Waals surface area contributed by atoms with Gasteiger partial charge in [0.05, 0.1) is 17.7 Å². The quantitative estimate of drug-likeness (QED) is 0.856. The first-order valence-corrected chi connectivity index (χ1v) is 9.28. The number of nitriles is 1. The average Bonchev–Trinajstić information content (AvgIpc) is 2.69. The number of nitrogens with zero attached hydrogens (tertiary/aromatic N) is 2. The molecule has 2 N–H and O–H groups in total. The van der Waals surface area contributed by atoms with Crippen LogP contribution < -0.4 is 10.6 Å². The van der Waals surface area contributed by atoms with Gasteiger partial charge in [-0.3, -0.25) is 4.90 Å². The van der Waals surface area contributed by atoms with Crippen LogP contribution in [0.2, 0.25) is 0 Å². The van der Waals surface area contributed by atoms with E-state index in [1.807, 2.05) is 24.4 Å². The number of anilines is 1. The van der Waals surface area contributed by atoms with Crippen molar-refractivity contribution in [3.63, 3.8) is 0 Å². The summed E-state index contributed by atoms with van der Waals surface area (Å²) in [6, 6.07) is 14.8. The molecule has 1 unspecified atom stereocenters. The Morgan fingerprint density at radius 3 is 2.89 bits per heavy atom. The van der Waals surface area contributed by atoms with E-state index in [1.165, 1.54) is 11.1 Å². The first kappa shape index (κ1) is 17.6. The molecule has 5 nitrogen and oxygen atoms in total. The summed E-state index contributed by atoms with van der Waals surface area (Å²) in [6.07, 6.45) is 4.26. The fourth-order valence-electron chi connectivity index (χ4n) is 3.68. The highest BCUT2D eigenvalue weighted by Crippen LogP contribution is 2.33. The molecule has 5 heteroatoms. The van der Waals surface area contributed by atoms with Crippen molar-refractivity contribution < 1.29 is 4.74 Å². The number of hydrogen-bond donors (Lipinski definition) is 2. The summed E-state index contributed by atoms with van der Waals surface area (Å²) in [5, 5.41) is 16.2. The fourth-order valence-corrected chi connectivity index (χ4v) is 3.68. The highest BCUT2D eigenvalue weighted by Gasteiger charge is 2.30. The summed E-state index contributed by atoms with van der Waals surface area (Å²) in [6.45, 7) is 4.84. The van der Waals surface area contributed by atoms with Crippen molar-refractivity contribution in [2.75, 3.05) is 25.5 Å². The van der Waals surface area contributed by atoms with Gasteiger partial charge in [-0.2, -0.15) is 5.26 Å². The minimum absolute atomic E-state index is 0.154. The minimum Gasteiger partial charge on any atom is -0.387 e. The van der Waals surface area contributed by atoms with Crippen molar-refractivity contribution in [2.45, 2.75) is 25.7 Å². The maximum atomic E-state index is 9.21. The van der Waals surface area contributed by atoms with Crippen LogP contribution in [0.15, 0.2) is 42.6 Å². The van der Waals surface area contributed by atoms with E-state index in [-0.39, 0.29) is 6.23 Å². The number of benzene rings is 2. The van der Waals surface area contributed by atoms with Crippen LogP contribution in [0.5, 0.6) is 0 Å². The second kappa shape index (κ2) is 7.43. The molecule has 1 saturated heterocycles. The van der Waals surface area contributed by atoms with Gasteiger partial charge in [0.2, 0.25) is 0 Å². The second-order valence-electron chi connectivity index (χ2n) is 7.13. The van der Waals surface area contributed by atoms with E-state index in [9.17, 15) is 5.26 Å². The molecule has 2 heterocycles. The van der Waals surface area contributed by atoms with Crippen molar-refractivity contribution in [2.24, 2.45) is 0 Å². The van der Waals surface area contributed by atoms with E-state index in [4.69, 9.17) is 4.74 Å². The van der Waals surface area contributed by atoms with Gasteiger partial charge in [-0.25, -0.2) is 0 Å². The number of ether oxygens (including phenoxy) is 1. The predicted octanol–water partition coefficient (Wildman–Crippen LogP) is 3.39. The van der Waals surface area contributed by atoms with E-state index in [0.29, 0.717) is 11.6 Å². The van der Waals surface area contributed by atoms with Crippen LogP contribution in [-0.2, 0) is 11.3 Å². The number of rotatable bonds is 5. The molecule has 0 saturated carbocycles. The van der Waals surface area contributed by atoms with Gasteiger partial charge >= 0.3 is 0 Å². The molecule has 0 amide bonds. The van der Waals surface area contributed by atoms with Gasteiger partial charge in [0.1, 0.15) is 6.23 Å². The van der Waals surface area contributed by atoms with Crippen LogP contribution in [0.4, 0.5) is 5.69 Å². The first-order chi connectivity index (χ1) is 13.2. The Hall–Kier alpha value is -2.81. The zero-order chi connectivity index (χ0) is 18.8. The molecule has 1 fully saturated rings. The highest BCUT2D eigenvalue weighted by atomic mass is 16.5. The Labute approximate surface area is 160 Å². The van der Waals surface area contributed by atoms with Gasteiger partial charge in [-0.15, -0.1) is 0 Å². The van der Waals surface area contributed by atoms with Crippen LogP contribution in [0, 0.1) is 11.3 Å². The molecular weight excluding hydrogens is 336 g/mol. The third kappa shape index (κ3) is 3.55. The van der Waals surface area contributed by atoms with E-state index in [2.05, 4.69) is 52.8 Å². The standard InChI is InChI=1S/C22H24N4O/c1-15(27-2)26-13-20(14-26)25-22-10-19(9-18-6-7-24-12-21(18)22)17-5-3-4-16(8-17)11-23/h3-10,15,20,24-25H,12-14H2,1-2H3. The number of nitrogens with one attached hydrogen (secondary N) is 2. The number of hydrogen-bond acceptors (Lipinski definition) is 5. The second-order valence-corrected chi connectivity index (χ2v) is 7.13. The van der Waals surface area contributed by atoms with Crippen LogP contribution in [0.1, 0.15) is 23.6 Å². The summed E-state index contributed by atoms with van der Waals surface area (Å²) in [4.78, 5) is 2.31. The topological polar surface area (TPSA) is 60.3 Å². The van der Waals surface area contributed by atoms with E-state index >= 15 is 0 Å². The maximum Gasteiger partial charge on any atom is 0.107 e. The Morgan fingerprint density at radius 2 is 2.11 bits per heavy atom. The Morgan fingerprint density at radius 1 is 1.26 bits per heavy atom. The molecule has 0 radical (unpaired) electrons. The summed E-state index contributed by atoms with van der Waals surface area (Å²) in [5.74, 6) is 0. The Balaban J connectivity index is 1.63.